The first-order valence-electron chi connectivity index (χ1n) is 10.6. The van der Waals surface area contributed by atoms with Crippen LogP contribution in [0.5, 0.6) is 0 Å². The summed E-state index contributed by atoms with van der Waals surface area (Å²) in [5.41, 5.74) is 4.59. The number of carbonyl (C=O) groups is 2. The highest BCUT2D eigenvalue weighted by molar-refractivity contribution is 6.34. The lowest BCUT2D eigenvalue weighted by atomic mass is 10.1. The Hall–Kier alpha value is -3.25. The monoisotopic (exact) mass is 448 g/mol. The zero-order valence-corrected chi connectivity index (χ0v) is 18.9. The van der Waals surface area contributed by atoms with E-state index in [1.54, 1.807) is 36.4 Å². The van der Waals surface area contributed by atoms with Crippen molar-refractivity contribution in [2.45, 2.75) is 33.2 Å². The highest BCUT2D eigenvalue weighted by Crippen LogP contribution is 2.35. The summed E-state index contributed by atoms with van der Waals surface area (Å²) in [6, 6.07) is 12.9. The van der Waals surface area contributed by atoms with Gasteiger partial charge in [0, 0.05) is 43.7 Å². The van der Waals surface area contributed by atoms with E-state index >= 15 is 0 Å². The third-order valence-electron chi connectivity index (χ3n) is 5.63. The van der Waals surface area contributed by atoms with Crippen molar-refractivity contribution in [3.05, 3.63) is 76.7 Å². The molecule has 0 spiro atoms. The van der Waals surface area contributed by atoms with E-state index in [0.29, 0.717) is 35.3 Å². The van der Waals surface area contributed by atoms with Crippen LogP contribution in [0, 0.1) is 12.8 Å². The van der Waals surface area contributed by atoms with E-state index in [4.69, 9.17) is 11.6 Å². The second kappa shape index (κ2) is 9.49. The molecule has 0 unspecified atom stereocenters. The number of carbonyl (C=O) groups excluding carboxylic acids is 2. The van der Waals surface area contributed by atoms with E-state index in [0.717, 1.165) is 35.3 Å². The van der Waals surface area contributed by atoms with Crippen LogP contribution in [0.3, 0.4) is 0 Å². The standard InChI is InChI=1S/C25H25ClN4O2/c1-16-20(4-3-11-27-16)13-29-25(32)21-7-9-23(28-14-21)19-8-10-24(22(26)12-19)30(17(2)31)15-18-5-6-18/h3-4,7-12,14,18H,5-6,13,15H2,1-2H3,(H,29,32). The second-order valence-electron chi connectivity index (χ2n) is 8.10. The summed E-state index contributed by atoms with van der Waals surface area (Å²) in [5, 5.41) is 3.41. The van der Waals surface area contributed by atoms with Crippen molar-refractivity contribution in [2.75, 3.05) is 11.4 Å². The minimum Gasteiger partial charge on any atom is -0.348 e. The Bertz CT molecular complexity index is 1140. The third kappa shape index (κ3) is 5.14. The fraction of sp³-hybridized carbons (Fsp3) is 0.280. The molecule has 1 fully saturated rings. The van der Waals surface area contributed by atoms with E-state index in [-0.39, 0.29) is 11.8 Å². The zero-order chi connectivity index (χ0) is 22.7. The molecular weight excluding hydrogens is 424 g/mol. The Labute approximate surface area is 192 Å². The highest BCUT2D eigenvalue weighted by atomic mass is 35.5. The maximum absolute atomic E-state index is 12.5. The smallest absolute Gasteiger partial charge is 0.253 e. The van der Waals surface area contributed by atoms with Gasteiger partial charge < -0.3 is 10.2 Å². The van der Waals surface area contributed by atoms with Crippen LogP contribution in [-0.2, 0) is 11.3 Å². The van der Waals surface area contributed by atoms with Crippen molar-refractivity contribution in [2.24, 2.45) is 5.92 Å². The first-order chi connectivity index (χ1) is 15.4. The lowest BCUT2D eigenvalue weighted by Gasteiger charge is -2.22. The van der Waals surface area contributed by atoms with Gasteiger partial charge in [0.25, 0.3) is 5.91 Å². The molecule has 0 atom stereocenters. The molecule has 4 rings (SSSR count). The van der Waals surface area contributed by atoms with Crippen molar-refractivity contribution < 1.29 is 9.59 Å². The predicted molar refractivity (Wildman–Crippen MR) is 126 cm³/mol. The predicted octanol–water partition coefficient (Wildman–Crippen LogP) is 4.80. The summed E-state index contributed by atoms with van der Waals surface area (Å²) in [4.78, 5) is 35.0. The number of halogens is 1. The van der Waals surface area contributed by atoms with E-state index in [9.17, 15) is 9.59 Å². The molecule has 7 heteroatoms. The summed E-state index contributed by atoms with van der Waals surface area (Å²) in [6.45, 7) is 4.59. The lowest BCUT2D eigenvalue weighted by Crippen LogP contribution is -2.30. The molecule has 1 saturated carbocycles. The molecule has 0 aliphatic heterocycles. The number of hydrogen-bond acceptors (Lipinski definition) is 4. The van der Waals surface area contributed by atoms with Gasteiger partial charge in [-0.05, 0) is 61.6 Å². The Morgan fingerprint density at radius 3 is 2.59 bits per heavy atom. The van der Waals surface area contributed by atoms with E-state index < -0.39 is 0 Å². The first-order valence-corrected chi connectivity index (χ1v) is 11.0. The van der Waals surface area contributed by atoms with Crippen LogP contribution in [0.15, 0.2) is 54.9 Å². The quantitative estimate of drug-likeness (QED) is 0.563. The number of rotatable bonds is 7. The van der Waals surface area contributed by atoms with Crippen LogP contribution in [0.4, 0.5) is 5.69 Å². The SMILES string of the molecule is CC(=O)N(CC1CC1)c1ccc(-c2ccc(C(=O)NCc3cccnc3C)cn2)cc1Cl. The van der Waals surface area contributed by atoms with Crippen LogP contribution in [-0.4, -0.2) is 28.3 Å². The van der Waals surface area contributed by atoms with Crippen LogP contribution >= 0.6 is 11.6 Å². The van der Waals surface area contributed by atoms with Crippen molar-refractivity contribution in [1.29, 1.82) is 0 Å². The fourth-order valence-corrected chi connectivity index (χ4v) is 3.80. The number of nitrogens with one attached hydrogen (secondary N) is 1. The zero-order valence-electron chi connectivity index (χ0n) is 18.1. The number of anilines is 1. The van der Waals surface area contributed by atoms with Crippen LogP contribution < -0.4 is 10.2 Å². The number of hydrogen-bond donors (Lipinski definition) is 1. The number of benzene rings is 1. The second-order valence-corrected chi connectivity index (χ2v) is 8.51. The van der Waals surface area contributed by atoms with Crippen LogP contribution in [0.2, 0.25) is 5.02 Å². The molecule has 0 saturated heterocycles. The molecule has 1 N–H and O–H groups in total. The molecule has 0 radical (unpaired) electrons. The maximum atomic E-state index is 12.5. The average Bonchev–Trinajstić information content (AvgIpc) is 3.61. The number of amides is 2. The van der Waals surface area contributed by atoms with Crippen molar-refractivity contribution >= 4 is 29.1 Å². The van der Waals surface area contributed by atoms with Gasteiger partial charge in [0.05, 0.1) is 22.0 Å². The van der Waals surface area contributed by atoms with Gasteiger partial charge in [-0.3, -0.25) is 19.6 Å². The van der Waals surface area contributed by atoms with Crippen molar-refractivity contribution in [1.82, 2.24) is 15.3 Å². The largest absolute Gasteiger partial charge is 0.348 e. The number of nitrogens with zero attached hydrogens (tertiary/aromatic N) is 3. The molecule has 2 heterocycles. The number of aromatic nitrogens is 2. The highest BCUT2D eigenvalue weighted by Gasteiger charge is 2.27. The molecule has 32 heavy (non-hydrogen) atoms. The molecule has 2 amide bonds. The van der Waals surface area contributed by atoms with Gasteiger partial charge in [0.15, 0.2) is 0 Å². The van der Waals surface area contributed by atoms with Crippen LogP contribution in [0.25, 0.3) is 11.3 Å². The Balaban J connectivity index is 1.45. The van der Waals surface area contributed by atoms with Gasteiger partial charge in [-0.2, -0.15) is 0 Å². The van der Waals surface area contributed by atoms with Crippen molar-refractivity contribution in [3.8, 4) is 11.3 Å². The summed E-state index contributed by atoms with van der Waals surface area (Å²) in [5.74, 6) is 0.358. The molecule has 0 bridgehead atoms. The Kier molecular flexibility index (Phi) is 6.51. The van der Waals surface area contributed by atoms with Gasteiger partial charge in [0.2, 0.25) is 5.91 Å². The molecule has 1 aliphatic rings. The van der Waals surface area contributed by atoms with Gasteiger partial charge in [-0.1, -0.05) is 23.7 Å². The van der Waals surface area contributed by atoms with E-state index in [1.165, 1.54) is 0 Å². The molecule has 3 aromatic rings. The fourth-order valence-electron chi connectivity index (χ4n) is 3.52. The molecular formula is C25H25ClN4O2. The molecule has 1 aromatic carbocycles. The van der Waals surface area contributed by atoms with E-state index in [1.807, 2.05) is 37.3 Å². The van der Waals surface area contributed by atoms with E-state index in [2.05, 4.69) is 15.3 Å². The Morgan fingerprint density at radius 2 is 1.97 bits per heavy atom. The molecule has 164 valence electrons. The molecule has 6 nitrogen and oxygen atoms in total. The molecule has 1 aliphatic carbocycles. The van der Waals surface area contributed by atoms with Crippen molar-refractivity contribution in [3.63, 3.8) is 0 Å². The van der Waals surface area contributed by atoms with Gasteiger partial charge in [-0.15, -0.1) is 0 Å². The summed E-state index contributed by atoms with van der Waals surface area (Å²) >= 11 is 6.53. The minimum absolute atomic E-state index is 0.0125. The van der Waals surface area contributed by atoms with Crippen LogP contribution in [0.1, 0.15) is 41.4 Å². The number of pyridine rings is 2. The Morgan fingerprint density at radius 1 is 1.16 bits per heavy atom. The average molecular weight is 449 g/mol. The van der Waals surface area contributed by atoms with Gasteiger partial charge in [0.1, 0.15) is 0 Å². The molecule has 2 aromatic heterocycles. The normalized spacial score (nSPS) is 13.0. The summed E-state index contributed by atoms with van der Waals surface area (Å²) < 4.78 is 0. The third-order valence-corrected chi connectivity index (χ3v) is 5.94. The maximum Gasteiger partial charge on any atom is 0.253 e. The first kappa shape index (κ1) is 22.0. The summed E-state index contributed by atoms with van der Waals surface area (Å²) in [6.07, 6.45) is 5.60. The number of aryl methyl sites for hydroxylation is 1. The van der Waals surface area contributed by atoms with Gasteiger partial charge >= 0.3 is 0 Å². The topological polar surface area (TPSA) is 75.2 Å². The van der Waals surface area contributed by atoms with Gasteiger partial charge in [-0.25, -0.2) is 0 Å². The summed E-state index contributed by atoms with van der Waals surface area (Å²) in [7, 11) is 0. The lowest BCUT2D eigenvalue weighted by molar-refractivity contribution is -0.116. The minimum atomic E-state index is -0.196.